The normalized spacial score (nSPS) is 11.0. The van der Waals surface area contributed by atoms with E-state index in [1.165, 1.54) is 25.3 Å². The predicted molar refractivity (Wildman–Crippen MR) is 99.0 cm³/mol. The van der Waals surface area contributed by atoms with Crippen LogP contribution in [0.3, 0.4) is 0 Å². The number of hydrogen-bond acceptors (Lipinski definition) is 4. The lowest BCUT2D eigenvalue weighted by molar-refractivity contribution is -0.135. The van der Waals surface area contributed by atoms with Crippen LogP contribution in [0.5, 0.6) is 5.75 Å². The number of rotatable bonds is 6. The number of nitrogens with one attached hydrogen (secondary N) is 1. The van der Waals surface area contributed by atoms with Crippen LogP contribution >= 0.6 is 23.2 Å². The fourth-order valence-corrected chi connectivity index (χ4v) is 2.38. The smallest absolute Gasteiger partial charge is 0.375 e. The number of aliphatic carboxylic acids is 1. The van der Waals surface area contributed by atoms with E-state index in [0.29, 0.717) is 10.7 Å². The van der Waals surface area contributed by atoms with E-state index in [0.717, 1.165) is 11.8 Å². The van der Waals surface area contributed by atoms with Crippen molar-refractivity contribution in [3.05, 3.63) is 69.6 Å². The Morgan fingerprint density at radius 2 is 1.77 bits per heavy atom. The van der Waals surface area contributed by atoms with Crippen LogP contribution < -0.4 is 10.1 Å². The number of aryl methyl sites for hydroxylation is 1. The minimum Gasteiger partial charge on any atom is -0.500 e. The first-order chi connectivity index (χ1) is 12.3. The van der Waals surface area contributed by atoms with Crippen molar-refractivity contribution in [3.63, 3.8) is 0 Å². The molecule has 6 nitrogen and oxygen atoms in total. The first-order valence-corrected chi connectivity index (χ1v) is 8.08. The van der Waals surface area contributed by atoms with Crippen molar-refractivity contribution in [3.8, 4) is 5.75 Å². The van der Waals surface area contributed by atoms with Gasteiger partial charge in [-0.2, -0.15) is 0 Å². The monoisotopic (exact) mass is 395 g/mol. The molecular weight excluding hydrogens is 381 g/mol. The molecule has 2 aromatic carbocycles. The fraction of sp³-hybridized carbons (Fsp3) is 0.111. The van der Waals surface area contributed by atoms with E-state index >= 15 is 0 Å². The number of benzene rings is 2. The second-order valence-electron chi connectivity index (χ2n) is 5.18. The molecule has 0 fully saturated rings. The zero-order chi connectivity index (χ0) is 19.3. The highest BCUT2D eigenvalue weighted by Crippen LogP contribution is 2.27. The van der Waals surface area contributed by atoms with Gasteiger partial charge < -0.3 is 19.9 Å². The largest absolute Gasteiger partial charge is 0.500 e. The first-order valence-electron chi connectivity index (χ1n) is 7.33. The fourth-order valence-electron chi connectivity index (χ4n) is 2.03. The van der Waals surface area contributed by atoms with Crippen molar-refractivity contribution in [2.75, 3.05) is 12.4 Å². The van der Waals surface area contributed by atoms with Gasteiger partial charge in [0.1, 0.15) is 12.0 Å². The number of halogens is 2. The van der Waals surface area contributed by atoms with E-state index in [-0.39, 0.29) is 16.3 Å². The second-order valence-corrected chi connectivity index (χ2v) is 6.05. The Morgan fingerprint density at radius 1 is 1.12 bits per heavy atom. The topological polar surface area (TPSA) is 84.9 Å². The molecule has 2 N–H and O–H groups in total. The molecule has 0 aromatic heterocycles. The highest BCUT2D eigenvalue weighted by Gasteiger charge is 2.19. The van der Waals surface area contributed by atoms with Gasteiger partial charge in [0.25, 0.3) is 5.91 Å². The summed E-state index contributed by atoms with van der Waals surface area (Å²) in [4.78, 5) is 23.9. The Hall–Kier alpha value is -2.70. The second kappa shape index (κ2) is 8.60. The highest BCUT2D eigenvalue weighted by atomic mass is 35.5. The Balaban J connectivity index is 2.37. The van der Waals surface area contributed by atoms with Crippen molar-refractivity contribution >= 4 is 40.8 Å². The molecule has 136 valence electrons. The summed E-state index contributed by atoms with van der Waals surface area (Å²) in [5, 5.41) is 12.6. The van der Waals surface area contributed by atoms with Gasteiger partial charge in [0.2, 0.25) is 5.76 Å². The Labute approximate surface area is 159 Å². The molecule has 0 saturated carbocycles. The van der Waals surface area contributed by atoms with Crippen LogP contribution in [-0.2, 0) is 9.53 Å². The van der Waals surface area contributed by atoms with Crippen LogP contribution in [0.25, 0.3) is 0 Å². The third kappa shape index (κ3) is 4.91. The number of anilines is 1. The van der Waals surface area contributed by atoms with Gasteiger partial charge in [-0.15, -0.1) is 0 Å². The average Bonchev–Trinajstić information content (AvgIpc) is 2.58. The number of carboxylic acid groups (broad SMARTS) is 1. The molecule has 0 atom stereocenters. The zero-order valence-corrected chi connectivity index (χ0v) is 15.4. The number of ether oxygens (including phenoxy) is 2. The van der Waals surface area contributed by atoms with Gasteiger partial charge in [-0.3, -0.25) is 4.79 Å². The number of hydrogen-bond donors (Lipinski definition) is 2. The zero-order valence-electron chi connectivity index (χ0n) is 13.9. The van der Waals surface area contributed by atoms with Gasteiger partial charge in [-0.25, -0.2) is 4.79 Å². The molecular formula is C18H15Cl2NO5. The summed E-state index contributed by atoms with van der Waals surface area (Å²) in [5.41, 5.74) is 1.37. The molecule has 0 bridgehead atoms. The van der Waals surface area contributed by atoms with E-state index in [1.807, 2.05) is 6.92 Å². The first kappa shape index (κ1) is 19.6. The Kier molecular flexibility index (Phi) is 6.49. The van der Waals surface area contributed by atoms with Gasteiger partial charge in [0, 0.05) is 15.7 Å². The van der Waals surface area contributed by atoms with Crippen LogP contribution in [0, 0.1) is 6.92 Å². The summed E-state index contributed by atoms with van der Waals surface area (Å²) in [6.45, 7) is 1.81. The quantitative estimate of drug-likeness (QED) is 0.555. The van der Waals surface area contributed by atoms with E-state index < -0.39 is 17.6 Å². The van der Waals surface area contributed by atoms with Gasteiger partial charge >= 0.3 is 5.97 Å². The third-order valence-electron chi connectivity index (χ3n) is 3.29. The van der Waals surface area contributed by atoms with Gasteiger partial charge in [-0.05, 0) is 42.8 Å². The molecule has 2 rings (SSSR count). The molecule has 0 aliphatic heterocycles. The maximum Gasteiger partial charge on any atom is 0.375 e. The molecule has 0 spiro atoms. The van der Waals surface area contributed by atoms with Gasteiger partial charge in [0.05, 0.1) is 12.7 Å². The molecule has 0 radical (unpaired) electrons. The number of carbonyl (C=O) groups excluding carboxylic acids is 1. The minimum absolute atomic E-state index is 0.0114. The van der Waals surface area contributed by atoms with Crippen LogP contribution in [0.15, 0.2) is 48.4 Å². The highest BCUT2D eigenvalue weighted by molar-refractivity contribution is 6.31. The lowest BCUT2D eigenvalue weighted by atomic mass is 10.1. The van der Waals surface area contributed by atoms with E-state index in [1.54, 1.807) is 18.2 Å². The average molecular weight is 396 g/mol. The van der Waals surface area contributed by atoms with E-state index in [9.17, 15) is 9.59 Å². The third-order valence-corrected chi connectivity index (χ3v) is 3.76. The van der Waals surface area contributed by atoms with Crippen LogP contribution in [0.4, 0.5) is 5.69 Å². The van der Waals surface area contributed by atoms with E-state index in [2.05, 4.69) is 10.1 Å². The number of carbonyl (C=O) groups is 2. The summed E-state index contributed by atoms with van der Waals surface area (Å²) in [6.07, 6.45) is 0.916. The molecule has 0 heterocycles. The number of methoxy groups -OCH3 is 1. The van der Waals surface area contributed by atoms with Crippen LogP contribution in [0.2, 0.25) is 10.0 Å². The van der Waals surface area contributed by atoms with Crippen molar-refractivity contribution in [1.29, 1.82) is 0 Å². The molecule has 0 aliphatic carbocycles. The minimum atomic E-state index is -1.35. The molecule has 26 heavy (non-hydrogen) atoms. The predicted octanol–water partition coefficient (Wildman–Crippen LogP) is 4.51. The summed E-state index contributed by atoms with van der Waals surface area (Å²) < 4.78 is 9.98. The molecule has 0 saturated heterocycles. The number of amides is 1. The summed E-state index contributed by atoms with van der Waals surface area (Å²) in [7, 11) is 1.28. The summed E-state index contributed by atoms with van der Waals surface area (Å²) in [6, 6.07) is 9.32. The molecule has 8 heteroatoms. The van der Waals surface area contributed by atoms with Crippen molar-refractivity contribution in [2.45, 2.75) is 6.92 Å². The van der Waals surface area contributed by atoms with Crippen molar-refractivity contribution < 1.29 is 24.2 Å². The SMILES string of the molecule is COC=C(Oc1ccc(Cl)cc1C(=O)Nc1cc(Cl)ccc1C)C(=O)O. The van der Waals surface area contributed by atoms with Gasteiger partial charge in [0.15, 0.2) is 0 Å². The maximum absolute atomic E-state index is 12.7. The maximum atomic E-state index is 12.7. The van der Waals surface area contributed by atoms with E-state index in [4.69, 9.17) is 33.0 Å². The summed E-state index contributed by atoms with van der Waals surface area (Å²) in [5.74, 6) is -2.35. The van der Waals surface area contributed by atoms with Crippen LogP contribution in [-0.4, -0.2) is 24.1 Å². The molecule has 0 unspecified atom stereocenters. The Morgan fingerprint density at radius 3 is 2.42 bits per heavy atom. The van der Waals surface area contributed by atoms with Crippen molar-refractivity contribution in [1.82, 2.24) is 0 Å². The van der Waals surface area contributed by atoms with Crippen LogP contribution in [0.1, 0.15) is 15.9 Å². The van der Waals surface area contributed by atoms with Gasteiger partial charge in [-0.1, -0.05) is 29.3 Å². The number of carboxylic acids is 1. The molecule has 2 aromatic rings. The molecule has 0 aliphatic rings. The Bertz CT molecular complexity index is 880. The molecule has 1 amide bonds. The standard InChI is InChI=1S/C18H15Cl2NO5/c1-10-3-4-12(20)8-14(10)21-17(22)13-7-11(19)5-6-15(13)26-16(9-25-2)18(23)24/h3-9H,1-2H3,(H,21,22)(H,23,24). The van der Waals surface area contributed by atoms with Crippen molar-refractivity contribution in [2.24, 2.45) is 0 Å². The lowest BCUT2D eigenvalue weighted by Gasteiger charge is -2.13. The summed E-state index contributed by atoms with van der Waals surface area (Å²) >= 11 is 11.9. The lowest BCUT2D eigenvalue weighted by Crippen LogP contribution is -2.16.